The lowest BCUT2D eigenvalue weighted by Gasteiger charge is -2.16. The third-order valence-electron chi connectivity index (χ3n) is 3.68. The Kier molecular flexibility index (Phi) is 6.00. The molecule has 0 spiro atoms. The lowest BCUT2D eigenvalue weighted by Crippen LogP contribution is -2.30. The van der Waals surface area contributed by atoms with Gasteiger partial charge in [-0.05, 0) is 18.2 Å². The van der Waals surface area contributed by atoms with Gasteiger partial charge in [-0.1, -0.05) is 18.2 Å². The summed E-state index contributed by atoms with van der Waals surface area (Å²) in [6.45, 7) is -0.139. The lowest BCUT2D eigenvalue weighted by molar-refractivity contribution is -0.0357. The molecule has 0 amide bonds. The number of alkyl halides is 1. The molecule has 1 fully saturated rings. The fourth-order valence-corrected chi connectivity index (χ4v) is 3.21. The van der Waals surface area contributed by atoms with Crippen molar-refractivity contribution in [3.05, 3.63) is 53.1 Å². The van der Waals surface area contributed by atoms with Crippen LogP contribution in [0.25, 0.3) is 0 Å². The molecule has 1 saturated heterocycles. The normalized spacial score (nSPS) is 23.5. The van der Waals surface area contributed by atoms with Gasteiger partial charge in [0.05, 0.1) is 12.7 Å². The Hall–Kier alpha value is -2.26. The summed E-state index contributed by atoms with van der Waals surface area (Å²) in [5.41, 5.74) is 0.956. The first-order chi connectivity index (χ1) is 12.6. The van der Waals surface area contributed by atoms with Crippen molar-refractivity contribution in [2.75, 3.05) is 12.1 Å². The van der Waals surface area contributed by atoms with Gasteiger partial charge in [0, 0.05) is 12.6 Å². The molecule has 0 aliphatic carbocycles. The van der Waals surface area contributed by atoms with E-state index in [1.807, 2.05) is 0 Å². The quantitative estimate of drug-likeness (QED) is 0.551. The zero-order valence-electron chi connectivity index (χ0n) is 13.4. The Labute approximate surface area is 148 Å². The number of nitrogens with one attached hydrogen (secondary N) is 1. The fraction of sp³-hybridized carbons (Fsp3) is 0.333. The minimum atomic E-state index is -2.81. The number of para-hydroxylation sites is 1. The molecule has 9 nitrogen and oxygen atoms in total. The monoisotopic (exact) mass is 385 g/mol. The van der Waals surface area contributed by atoms with Crippen molar-refractivity contribution in [3.8, 4) is 5.75 Å². The number of aromatic nitrogens is 2. The summed E-state index contributed by atoms with van der Waals surface area (Å²) >= 11 is 0. The highest BCUT2D eigenvalue weighted by atomic mass is 31.1. The highest BCUT2D eigenvalue weighted by Gasteiger charge is 2.37. The van der Waals surface area contributed by atoms with Gasteiger partial charge in [0.25, 0.3) is 0 Å². The maximum atomic E-state index is 14.2. The molecule has 4 atom stereocenters. The van der Waals surface area contributed by atoms with E-state index in [1.54, 1.807) is 35.8 Å². The van der Waals surface area contributed by atoms with Gasteiger partial charge in [0.2, 0.25) is 0 Å². The number of anilines is 1. The lowest BCUT2D eigenvalue weighted by atomic mass is 10.2. The maximum Gasteiger partial charge on any atom is 0.367 e. The number of rotatable bonds is 7. The van der Waals surface area contributed by atoms with Crippen LogP contribution in [0, 0.1) is 0 Å². The van der Waals surface area contributed by atoms with Gasteiger partial charge < -0.3 is 9.26 Å². The van der Waals surface area contributed by atoms with Crippen LogP contribution >= 0.6 is 8.25 Å². The minimum absolute atomic E-state index is 0.0302. The van der Waals surface area contributed by atoms with E-state index in [4.69, 9.17) is 19.0 Å². The second kappa shape index (κ2) is 8.41. The van der Waals surface area contributed by atoms with Gasteiger partial charge in [0.1, 0.15) is 11.9 Å². The number of hydrogen-bond donors (Lipinski definition) is 2. The predicted octanol–water partition coefficient (Wildman–Crippen LogP) is 2.16. The first-order valence-corrected chi connectivity index (χ1v) is 8.98. The molecule has 3 rings (SSSR count). The average molecular weight is 385 g/mol. The Morgan fingerprint density at radius 3 is 2.85 bits per heavy atom. The van der Waals surface area contributed by atoms with Crippen molar-refractivity contribution in [2.45, 2.75) is 24.9 Å². The molecule has 2 heterocycles. The fourth-order valence-electron chi connectivity index (χ4n) is 2.50. The average Bonchev–Trinajstić information content (AvgIpc) is 3.01. The van der Waals surface area contributed by atoms with E-state index in [-0.39, 0.29) is 18.8 Å². The number of halogens is 1. The van der Waals surface area contributed by atoms with Crippen LogP contribution in [0.1, 0.15) is 12.6 Å². The number of ether oxygens (including phenoxy) is 1. The molecular weight excluding hydrogens is 368 g/mol. The summed E-state index contributed by atoms with van der Waals surface area (Å²) in [5, 5.41) is 8.72. The summed E-state index contributed by atoms with van der Waals surface area (Å²) in [6.07, 6.45) is -2.10. The Morgan fingerprint density at radius 2 is 2.15 bits per heavy atom. The molecule has 1 aliphatic rings. The predicted molar refractivity (Wildman–Crippen MR) is 89.4 cm³/mol. The summed E-state index contributed by atoms with van der Waals surface area (Å²) in [7, 11) is -2.81. The SMILES string of the molecule is O=c1nc(NO)ccn1C1OC(CO[PH](=O)Oc2ccccc2)CC1F. The van der Waals surface area contributed by atoms with E-state index in [1.165, 1.54) is 12.3 Å². The van der Waals surface area contributed by atoms with Crippen LogP contribution in [0.4, 0.5) is 10.2 Å². The zero-order chi connectivity index (χ0) is 18.5. The van der Waals surface area contributed by atoms with Crippen molar-refractivity contribution in [3.63, 3.8) is 0 Å². The van der Waals surface area contributed by atoms with Crippen LogP contribution < -0.4 is 15.7 Å². The third kappa shape index (κ3) is 4.47. The third-order valence-corrected chi connectivity index (χ3v) is 4.48. The molecule has 0 saturated carbocycles. The molecule has 1 aromatic heterocycles. The van der Waals surface area contributed by atoms with E-state index >= 15 is 0 Å². The number of nitrogens with zero attached hydrogens (tertiary/aromatic N) is 2. The maximum absolute atomic E-state index is 14.2. The van der Waals surface area contributed by atoms with Crippen LogP contribution in [0.3, 0.4) is 0 Å². The van der Waals surface area contributed by atoms with E-state index in [0.717, 1.165) is 4.57 Å². The van der Waals surface area contributed by atoms with Crippen molar-refractivity contribution in [1.29, 1.82) is 0 Å². The van der Waals surface area contributed by atoms with Gasteiger partial charge in [-0.2, -0.15) is 4.98 Å². The molecule has 2 N–H and O–H groups in total. The molecule has 1 aromatic carbocycles. The second-order valence-electron chi connectivity index (χ2n) is 5.49. The first-order valence-electron chi connectivity index (χ1n) is 7.75. The Bertz CT molecular complexity index is 821. The molecule has 0 bridgehead atoms. The summed E-state index contributed by atoms with van der Waals surface area (Å²) in [5.74, 6) is 0.344. The number of hydrogen-bond acceptors (Lipinski definition) is 8. The van der Waals surface area contributed by atoms with Crippen molar-refractivity contribution in [1.82, 2.24) is 9.55 Å². The van der Waals surface area contributed by atoms with Gasteiger partial charge >= 0.3 is 13.9 Å². The smallest absolute Gasteiger partial charge is 0.367 e. The highest BCUT2D eigenvalue weighted by molar-refractivity contribution is 7.33. The van der Waals surface area contributed by atoms with Gasteiger partial charge in [-0.3, -0.25) is 19.8 Å². The van der Waals surface area contributed by atoms with Crippen molar-refractivity contribution in [2.24, 2.45) is 0 Å². The van der Waals surface area contributed by atoms with Crippen molar-refractivity contribution < 1.29 is 27.9 Å². The van der Waals surface area contributed by atoms with Gasteiger partial charge in [-0.25, -0.2) is 13.8 Å². The Balaban J connectivity index is 1.55. The van der Waals surface area contributed by atoms with Crippen LogP contribution in [-0.4, -0.2) is 33.6 Å². The standard InChI is InChI=1S/C15H17FN3O6P/c16-12-8-11(9-23-26(22)25-10-4-2-1-3-5-10)24-14(12)19-7-6-13(18-21)17-15(19)20/h1-7,11-12,14,21,26H,8-9H2,(H,17,18,20). The minimum Gasteiger partial charge on any atom is -0.426 e. The van der Waals surface area contributed by atoms with Crippen LogP contribution in [0.5, 0.6) is 5.75 Å². The van der Waals surface area contributed by atoms with Crippen LogP contribution in [0.2, 0.25) is 0 Å². The molecule has 2 aromatic rings. The molecule has 26 heavy (non-hydrogen) atoms. The van der Waals surface area contributed by atoms with E-state index in [0.29, 0.717) is 5.75 Å². The van der Waals surface area contributed by atoms with Crippen LogP contribution in [0.15, 0.2) is 47.4 Å². The van der Waals surface area contributed by atoms with Crippen LogP contribution in [-0.2, 0) is 13.8 Å². The van der Waals surface area contributed by atoms with E-state index in [9.17, 15) is 13.8 Å². The Morgan fingerprint density at radius 1 is 1.38 bits per heavy atom. The summed E-state index contributed by atoms with van der Waals surface area (Å²) in [6, 6.07) is 9.82. The molecule has 11 heteroatoms. The molecule has 0 radical (unpaired) electrons. The largest absolute Gasteiger partial charge is 0.426 e. The molecule has 1 aliphatic heterocycles. The van der Waals surface area contributed by atoms with Gasteiger partial charge in [0.15, 0.2) is 12.0 Å². The zero-order valence-corrected chi connectivity index (χ0v) is 14.4. The second-order valence-corrected chi connectivity index (χ2v) is 6.48. The number of benzene rings is 1. The summed E-state index contributed by atoms with van der Waals surface area (Å²) < 4.78 is 42.8. The molecule has 4 unspecified atom stereocenters. The highest BCUT2D eigenvalue weighted by Crippen LogP contribution is 2.33. The van der Waals surface area contributed by atoms with E-state index in [2.05, 4.69) is 4.98 Å². The topological polar surface area (TPSA) is 112 Å². The summed E-state index contributed by atoms with van der Waals surface area (Å²) in [4.78, 5) is 15.4. The molecular formula is C15H17FN3O6P. The van der Waals surface area contributed by atoms with Crippen molar-refractivity contribution >= 4 is 14.1 Å². The first kappa shape index (κ1) is 18.5. The molecule has 140 valence electrons. The van der Waals surface area contributed by atoms with E-state index < -0.39 is 32.4 Å². The van der Waals surface area contributed by atoms with Gasteiger partial charge in [-0.15, -0.1) is 0 Å².